The standard InChI is InChI=1S/C14H16FNO3/c1-9-4-5-10(19-9)8-16-12-7-14(18-3)13(17-2)6-11(12)15/h4-7,16H,8H2,1-3H3. The molecule has 5 heteroatoms. The van der Waals surface area contributed by atoms with Gasteiger partial charge in [0.05, 0.1) is 26.5 Å². The molecule has 0 aliphatic carbocycles. The molecule has 0 fully saturated rings. The first-order valence-corrected chi connectivity index (χ1v) is 5.84. The molecule has 0 bridgehead atoms. The molecule has 0 atom stereocenters. The lowest BCUT2D eigenvalue weighted by molar-refractivity contribution is 0.352. The number of furan rings is 1. The van der Waals surface area contributed by atoms with Crippen molar-refractivity contribution in [2.24, 2.45) is 0 Å². The van der Waals surface area contributed by atoms with E-state index in [9.17, 15) is 4.39 Å². The van der Waals surface area contributed by atoms with Crippen LogP contribution in [-0.4, -0.2) is 14.2 Å². The highest BCUT2D eigenvalue weighted by atomic mass is 19.1. The van der Waals surface area contributed by atoms with Crippen LogP contribution in [0.4, 0.5) is 10.1 Å². The van der Waals surface area contributed by atoms with Gasteiger partial charge in [-0.2, -0.15) is 0 Å². The van der Waals surface area contributed by atoms with Crippen molar-refractivity contribution >= 4 is 5.69 Å². The molecule has 1 aromatic heterocycles. The van der Waals surface area contributed by atoms with Crippen molar-refractivity contribution in [2.45, 2.75) is 13.5 Å². The van der Waals surface area contributed by atoms with E-state index in [-0.39, 0.29) is 0 Å². The molecule has 2 aromatic rings. The highest BCUT2D eigenvalue weighted by Gasteiger charge is 2.11. The van der Waals surface area contributed by atoms with Crippen LogP contribution < -0.4 is 14.8 Å². The van der Waals surface area contributed by atoms with Crippen LogP contribution in [0.15, 0.2) is 28.7 Å². The van der Waals surface area contributed by atoms with Crippen molar-refractivity contribution in [1.82, 2.24) is 0 Å². The van der Waals surface area contributed by atoms with Crippen LogP contribution in [-0.2, 0) is 6.54 Å². The number of nitrogens with one attached hydrogen (secondary N) is 1. The molecule has 0 aliphatic heterocycles. The Balaban J connectivity index is 2.15. The number of benzene rings is 1. The SMILES string of the molecule is COc1cc(F)c(NCc2ccc(C)o2)cc1OC. The Hall–Kier alpha value is -2.17. The van der Waals surface area contributed by atoms with E-state index in [0.717, 1.165) is 11.5 Å². The molecule has 0 unspecified atom stereocenters. The molecule has 1 aromatic carbocycles. The minimum Gasteiger partial charge on any atom is -0.493 e. The van der Waals surface area contributed by atoms with Gasteiger partial charge in [0, 0.05) is 12.1 Å². The first kappa shape index (κ1) is 13.3. The van der Waals surface area contributed by atoms with Crippen LogP contribution in [0.5, 0.6) is 11.5 Å². The molecule has 0 saturated carbocycles. The second kappa shape index (κ2) is 5.65. The summed E-state index contributed by atoms with van der Waals surface area (Å²) in [6, 6.07) is 6.56. The Kier molecular flexibility index (Phi) is 3.94. The number of methoxy groups -OCH3 is 2. The number of halogens is 1. The van der Waals surface area contributed by atoms with Gasteiger partial charge in [-0.3, -0.25) is 0 Å². The van der Waals surface area contributed by atoms with Gasteiger partial charge in [0.25, 0.3) is 0 Å². The monoisotopic (exact) mass is 265 g/mol. The van der Waals surface area contributed by atoms with E-state index in [4.69, 9.17) is 13.9 Å². The molecule has 19 heavy (non-hydrogen) atoms. The van der Waals surface area contributed by atoms with E-state index < -0.39 is 5.82 Å². The predicted molar refractivity (Wildman–Crippen MR) is 70.3 cm³/mol. The van der Waals surface area contributed by atoms with Crippen LogP contribution in [0.2, 0.25) is 0 Å². The first-order valence-electron chi connectivity index (χ1n) is 5.84. The fraction of sp³-hybridized carbons (Fsp3) is 0.286. The maximum absolute atomic E-state index is 13.8. The maximum Gasteiger partial charge on any atom is 0.163 e. The van der Waals surface area contributed by atoms with E-state index in [1.54, 1.807) is 6.07 Å². The van der Waals surface area contributed by atoms with Crippen molar-refractivity contribution in [2.75, 3.05) is 19.5 Å². The molecule has 1 heterocycles. The summed E-state index contributed by atoms with van der Waals surface area (Å²) in [5.41, 5.74) is 0.340. The number of aryl methyl sites for hydroxylation is 1. The Morgan fingerprint density at radius 1 is 1.16 bits per heavy atom. The molecular weight excluding hydrogens is 249 g/mol. The number of ether oxygens (including phenoxy) is 2. The Labute approximate surface area is 111 Å². The smallest absolute Gasteiger partial charge is 0.163 e. The molecule has 0 aliphatic rings. The maximum atomic E-state index is 13.8. The molecular formula is C14H16FNO3. The van der Waals surface area contributed by atoms with Crippen LogP contribution in [0.3, 0.4) is 0 Å². The summed E-state index contributed by atoms with van der Waals surface area (Å²) in [6.45, 7) is 2.26. The second-order valence-electron chi connectivity index (χ2n) is 4.05. The Morgan fingerprint density at radius 3 is 2.42 bits per heavy atom. The summed E-state index contributed by atoms with van der Waals surface area (Å²) in [6.07, 6.45) is 0. The Bertz CT molecular complexity index is 566. The van der Waals surface area contributed by atoms with Crippen LogP contribution >= 0.6 is 0 Å². The van der Waals surface area contributed by atoms with E-state index in [1.165, 1.54) is 20.3 Å². The van der Waals surface area contributed by atoms with Crippen molar-refractivity contribution in [3.05, 3.63) is 41.6 Å². The third-order valence-electron chi connectivity index (χ3n) is 2.72. The number of rotatable bonds is 5. The van der Waals surface area contributed by atoms with E-state index in [0.29, 0.717) is 23.7 Å². The molecule has 4 nitrogen and oxygen atoms in total. The van der Waals surface area contributed by atoms with Gasteiger partial charge < -0.3 is 19.2 Å². The molecule has 0 saturated heterocycles. The quantitative estimate of drug-likeness (QED) is 0.900. The summed E-state index contributed by atoms with van der Waals surface area (Å²) in [4.78, 5) is 0. The topological polar surface area (TPSA) is 43.6 Å². The van der Waals surface area contributed by atoms with Crippen LogP contribution in [0.1, 0.15) is 11.5 Å². The van der Waals surface area contributed by atoms with Gasteiger partial charge in [-0.15, -0.1) is 0 Å². The molecule has 2 rings (SSSR count). The zero-order valence-corrected chi connectivity index (χ0v) is 11.1. The number of hydrogen-bond donors (Lipinski definition) is 1. The number of anilines is 1. The lowest BCUT2D eigenvalue weighted by atomic mass is 10.2. The first-order chi connectivity index (χ1) is 9.13. The van der Waals surface area contributed by atoms with Gasteiger partial charge in [0.1, 0.15) is 17.3 Å². The van der Waals surface area contributed by atoms with Gasteiger partial charge in [0.2, 0.25) is 0 Å². The lowest BCUT2D eigenvalue weighted by Gasteiger charge is -2.11. The average Bonchev–Trinajstić information content (AvgIpc) is 2.82. The molecule has 102 valence electrons. The third kappa shape index (κ3) is 2.99. The Morgan fingerprint density at radius 2 is 1.84 bits per heavy atom. The van der Waals surface area contributed by atoms with E-state index >= 15 is 0 Å². The van der Waals surface area contributed by atoms with Gasteiger partial charge in [-0.25, -0.2) is 4.39 Å². The van der Waals surface area contributed by atoms with Crippen molar-refractivity contribution in [3.63, 3.8) is 0 Å². The fourth-order valence-corrected chi connectivity index (χ4v) is 1.75. The molecule has 0 radical (unpaired) electrons. The lowest BCUT2D eigenvalue weighted by Crippen LogP contribution is -2.02. The average molecular weight is 265 g/mol. The van der Waals surface area contributed by atoms with Gasteiger partial charge in [-0.1, -0.05) is 0 Å². The minimum atomic E-state index is -0.402. The van der Waals surface area contributed by atoms with Crippen LogP contribution in [0, 0.1) is 12.7 Å². The predicted octanol–water partition coefficient (Wildman–Crippen LogP) is 3.36. The van der Waals surface area contributed by atoms with Gasteiger partial charge >= 0.3 is 0 Å². The van der Waals surface area contributed by atoms with E-state index in [1.807, 2.05) is 19.1 Å². The van der Waals surface area contributed by atoms with Crippen molar-refractivity contribution in [3.8, 4) is 11.5 Å². The molecule has 1 N–H and O–H groups in total. The highest BCUT2D eigenvalue weighted by Crippen LogP contribution is 2.32. The number of hydrogen-bond acceptors (Lipinski definition) is 4. The third-order valence-corrected chi connectivity index (χ3v) is 2.72. The minimum absolute atomic E-state index is 0.340. The molecule has 0 amide bonds. The van der Waals surface area contributed by atoms with Crippen molar-refractivity contribution < 1.29 is 18.3 Å². The van der Waals surface area contributed by atoms with Crippen molar-refractivity contribution in [1.29, 1.82) is 0 Å². The van der Waals surface area contributed by atoms with Gasteiger partial charge in [-0.05, 0) is 19.1 Å². The van der Waals surface area contributed by atoms with Crippen LogP contribution in [0.25, 0.3) is 0 Å². The second-order valence-corrected chi connectivity index (χ2v) is 4.05. The zero-order valence-electron chi connectivity index (χ0n) is 11.1. The summed E-state index contributed by atoms with van der Waals surface area (Å²) in [7, 11) is 2.98. The largest absolute Gasteiger partial charge is 0.493 e. The molecule has 0 spiro atoms. The fourth-order valence-electron chi connectivity index (χ4n) is 1.75. The summed E-state index contributed by atoms with van der Waals surface area (Å²) >= 11 is 0. The summed E-state index contributed by atoms with van der Waals surface area (Å²) in [5, 5.41) is 2.96. The van der Waals surface area contributed by atoms with E-state index in [2.05, 4.69) is 5.32 Å². The zero-order chi connectivity index (χ0) is 13.8. The highest BCUT2D eigenvalue weighted by molar-refractivity contribution is 5.56. The van der Waals surface area contributed by atoms with Gasteiger partial charge in [0.15, 0.2) is 11.5 Å². The normalized spacial score (nSPS) is 10.3. The summed E-state index contributed by atoms with van der Waals surface area (Å²) in [5.74, 6) is 2.00. The summed E-state index contributed by atoms with van der Waals surface area (Å²) < 4.78 is 29.4.